The molecular formula is C13H18BN2O3. The van der Waals surface area contributed by atoms with Crippen LogP contribution in [0.5, 0.6) is 0 Å². The Morgan fingerprint density at radius 2 is 2.00 bits per heavy atom. The highest BCUT2D eigenvalue weighted by Gasteiger charge is 2.35. The van der Waals surface area contributed by atoms with E-state index in [2.05, 4.69) is 4.98 Å². The van der Waals surface area contributed by atoms with Crippen molar-refractivity contribution in [3.05, 3.63) is 18.2 Å². The molecule has 5 nitrogen and oxygen atoms in total. The van der Waals surface area contributed by atoms with Gasteiger partial charge < -0.3 is 19.9 Å². The molecule has 0 aliphatic heterocycles. The van der Waals surface area contributed by atoms with Gasteiger partial charge in [0, 0.05) is 0 Å². The van der Waals surface area contributed by atoms with Crippen LogP contribution >= 0.6 is 0 Å². The lowest BCUT2D eigenvalue weighted by Gasteiger charge is -2.37. The maximum atomic E-state index is 10.0. The summed E-state index contributed by atoms with van der Waals surface area (Å²) in [5, 5.41) is 10.0. The van der Waals surface area contributed by atoms with E-state index in [9.17, 15) is 5.11 Å². The Labute approximate surface area is 113 Å². The van der Waals surface area contributed by atoms with Gasteiger partial charge in [0.2, 0.25) is 0 Å². The SMILES string of the molecule is CC(C)(O)C(C)(C)O[B]c1ccc2oc(N)nc2c1. The van der Waals surface area contributed by atoms with Gasteiger partial charge in [0.05, 0.1) is 11.2 Å². The monoisotopic (exact) mass is 261 g/mol. The largest absolute Gasteiger partial charge is 0.427 e. The lowest BCUT2D eigenvalue weighted by molar-refractivity contribution is -0.0893. The zero-order valence-electron chi connectivity index (χ0n) is 11.6. The van der Waals surface area contributed by atoms with Crippen LogP contribution in [0.4, 0.5) is 6.01 Å². The number of fused-ring (bicyclic) bond motifs is 1. The van der Waals surface area contributed by atoms with Gasteiger partial charge in [-0.1, -0.05) is 11.5 Å². The quantitative estimate of drug-likeness (QED) is 0.809. The van der Waals surface area contributed by atoms with E-state index in [0.29, 0.717) is 11.1 Å². The Hall–Kier alpha value is -1.53. The highest BCUT2D eigenvalue weighted by Crippen LogP contribution is 2.24. The number of nitrogens with zero attached hydrogens (tertiary/aromatic N) is 1. The standard InChI is InChI=1S/C13H18BN2O3/c1-12(2,17)13(3,4)19-14-8-5-6-10-9(7-8)16-11(15)18-10/h5-7,17H,1-4H3,(H2,15,16). The molecule has 1 heterocycles. The maximum absolute atomic E-state index is 10.0. The van der Waals surface area contributed by atoms with Crippen LogP contribution in [-0.2, 0) is 4.65 Å². The molecule has 1 aromatic carbocycles. The van der Waals surface area contributed by atoms with Crippen molar-refractivity contribution in [2.45, 2.75) is 38.9 Å². The van der Waals surface area contributed by atoms with E-state index in [1.807, 2.05) is 26.0 Å². The fourth-order valence-corrected chi connectivity index (χ4v) is 1.40. The Morgan fingerprint density at radius 1 is 1.32 bits per heavy atom. The predicted octanol–water partition coefficient (Wildman–Crippen LogP) is 1.22. The number of oxazole rings is 1. The molecule has 0 atom stereocenters. The molecule has 0 amide bonds. The Morgan fingerprint density at radius 3 is 2.63 bits per heavy atom. The molecule has 0 bridgehead atoms. The number of anilines is 1. The highest BCUT2D eigenvalue weighted by atomic mass is 16.5. The number of hydrogen-bond acceptors (Lipinski definition) is 5. The molecule has 19 heavy (non-hydrogen) atoms. The lowest BCUT2D eigenvalue weighted by Crippen LogP contribution is -2.49. The third-order valence-corrected chi connectivity index (χ3v) is 3.39. The average molecular weight is 261 g/mol. The van der Waals surface area contributed by atoms with Crippen molar-refractivity contribution in [2.24, 2.45) is 0 Å². The molecule has 0 unspecified atom stereocenters. The summed E-state index contributed by atoms with van der Waals surface area (Å²) in [6.07, 6.45) is 0. The highest BCUT2D eigenvalue weighted by molar-refractivity contribution is 6.47. The van der Waals surface area contributed by atoms with Gasteiger partial charge in [0.25, 0.3) is 6.01 Å². The minimum atomic E-state index is -0.952. The normalized spacial score (nSPS) is 12.9. The number of aliphatic hydroxyl groups is 1. The summed E-state index contributed by atoms with van der Waals surface area (Å²) in [4.78, 5) is 4.05. The van der Waals surface area contributed by atoms with E-state index >= 15 is 0 Å². The van der Waals surface area contributed by atoms with Crippen LogP contribution in [0.15, 0.2) is 22.6 Å². The molecule has 1 aromatic heterocycles. The molecule has 0 saturated carbocycles. The van der Waals surface area contributed by atoms with Crippen molar-refractivity contribution in [3.63, 3.8) is 0 Å². The topological polar surface area (TPSA) is 81.5 Å². The number of benzene rings is 1. The van der Waals surface area contributed by atoms with Gasteiger partial charge in [-0.15, -0.1) is 0 Å². The van der Waals surface area contributed by atoms with E-state index in [1.54, 1.807) is 27.4 Å². The first kappa shape index (κ1) is 13.9. The Bertz CT molecular complexity index is 587. The summed E-state index contributed by atoms with van der Waals surface area (Å²) in [6, 6.07) is 5.58. The minimum absolute atomic E-state index is 0.143. The van der Waals surface area contributed by atoms with Crippen LogP contribution in [0.3, 0.4) is 0 Å². The van der Waals surface area contributed by atoms with Gasteiger partial charge in [-0.3, -0.25) is 0 Å². The summed E-state index contributed by atoms with van der Waals surface area (Å²) >= 11 is 0. The van der Waals surface area contributed by atoms with Crippen molar-refractivity contribution in [2.75, 3.05) is 5.73 Å². The fourth-order valence-electron chi connectivity index (χ4n) is 1.40. The first-order valence-electron chi connectivity index (χ1n) is 6.08. The van der Waals surface area contributed by atoms with Gasteiger partial charge in [-0.2, -0.15) is 4.98 Å². The van der Waals surface area contributed by atoms with Gasteiger partial charge in [-0.05, 0) is 39.8 Å². The molecular weight excluding hydrogens is 243 g/mol. The Kier molecular flexibility index (Phi) is 3.32. The van der Waals surface area contributed by atoms with Crippen LogP contribution in [0, 0.1) is 0 Å². The van der Waals surface area contributed by atoms with E-state index in [4.69, 9.17) is 14.8 Å². The molecule has 0 saturated heterocycles. The van der Waals surface area contributed by atoms with Crippen LogP contribution in [0.2, 0.25) is 0 Å². The summed E-state index contributed by atoms with van der Waals surface area (Å²) in [5.41, 5.74) is 5.98. The number of nitrogen functional groups attached to an aromatic ring is 1. The van der Waals surface area contributed by atoms with Crippen LogP contribution in [0.1, 0.15) is 27.7 Å². The van der Waals surface area contributed by atoms with E-state index in [-0.39, 0.29) is 6.01 Å². The summed E-state index contributed by atoms with van der Waals surface area (Å²) < 4.78 is 10.9. The van der Waals surface area contributed by atoms with Gasteiger partial charge >= 0.3 is 7.48 Å². The van der Waals surface area contributed by atoms with Gasteiger partial charge in [0.1, 0.15) is 5.52 Å². The molecule has 1 radical (unpaired) electrons. The van der Waals surface area contributed by atoms with Crippen molar-refractivity contribution in [1.82, 2.24) is 4.98 Å². The molecule has 0 fully saturated rings. The average Bonchev–Trinajstić information content (AvgIpc) is 2.64. The van der Waals surface area contributed by atoms with Crippen molar-refractivity contribution in [3.8, 4) is 0 Å². The Balaban J connectivity index is 2.14. The van der Waals surface area contributed by atoms with Crippen LogP contribution < -0.4 is 11.2 Å². The van der Waals surface area contributed by atoms with Crippen molar-refractivity contribution < 1.29 is 14.2 Å². The van der Waals surface area contributed by atoms with Crippen molar-refractivity contribution >= 4 is 30.1 Å². The summed E-state index contributed by atoms with van der Waals surface area (Å²) in [5.74, 6) is 0. The van der Waals surface area contributed by atoms with Crippen molar-refractivity contribution in [1.29, 1.82) is 0 Å². The van der Waals surface area contributed by atoms with Gasteiger partial charge in [0.15, 0.2) is 5.58 Å². The molecule has 101 valence electrons. The summed E-state index contributed by atoms with van der Waals surface area (Å²) in [7, 11) is 1.60. The maximum Gasteiger partial charge on any atom is 0.330 e. The predicted molar refractivity (Wildman–Crippen MR) is 75.3 cm³/mol. The number of rotatable bonds is 4. The third kappa shape index (κ3) is 2.90. The smallest absolute Gasteiger partial charge is 0.330 e. The fraction of sp³-hybridized carbons (Fsp3) is 0.462. The third-order valence-electron chi connectivity index (χ3n) is 3.39. The van der Waals surface area contributed by atoms with E-state index < -0.39 is 11.2 Å². The molecule has 0 spiro atoms. The van der Waals surface area contributed by atoms with Crippen LogP contribution in [-0.4, -0.2) is 28.8 Å². The zero-order chi connectivity index (χ0) is 14.3. The molecule has 0 aliphatic rings. The van der Waals surface area contributed by atoms with Gasteiger partial charge in [-0.25, -0.2) is 0 Å². The zero-order valence-corrected chi connectivity index (χ0v) is 11.6. The number of aromatic nitrogens is 1. The number of nitrogens with two attached hydrogens (primary N) is 1. The molecule has 3 N–H and O–H groups in total. The first-order valence-corrected chi connectivity index (χ1v) is 6.08. The summed E-state index contributed by atoms with van der Waals surface area (Å²) in [6.45, 7) is 7.08. The number of hydrogen-bond donors (Lipinski definition) is 2. The second-order valence-electron chi connectivity index (χ2n) is 5.58. The molecule has 2 aromatic rings. The van der Waals surface area contributed by atoms with E-state index in [1.165, 1.54) is 0 Å². The molecule has 6 heteroatoms. The lowest BCUT2D eigenvalue weighted by atomic mass is 9.82. The molecule has 2 rings (SSSR count). The first-order chi connectivity index (χ1) is 8.69. The van der Waals surface area contributed by atoms with Crippen LogP contribution in [0.25, 0.3) is 11.1 Å². The second kappa shape index (κ2) is 4.54. The minimum Gasteiger partial charge on any atom is -0.427 e. The van der Waals surface area contributed by atoms with E-state index in [0.717, 1.165) is 5.46 Å². The second-order valence-corrected chi connectivity index (χ2v) is 5.58. The molecule has 0 aliphatic carbocycles.